The molecule has 2 nitrogen and oxygen atoms in total. The molecule has 0 aliphatic carbocycles. The Morgan fingerprint density at radius 2 is 2.00 bits per heavy atom. The van der Waals surface area contributed by atoms with Crippen LogP contribution in [0.15, 0.2) is 41.0 Å². The van der Waals surface area contributed by atoms with Crippen molar-refractivity contribution in [2.75, 3.05) is 5.32 Å². The van der Waals surface area contributed by atoms with E-state index in [1.165, 1.54) is 5.56 Å². The van der Waals surface area contributed by atoms with Crippen LogP contribution in [0.4, 0.5) is 11.5 Å². The minimum absolute atomic E-state index is 0.897. The summed E-state index contributed by atoms with van der Waals surface area (Å²) < 4.78 is 1.000. The van der Waals surface area contributed by atoms with Crippen molar-refractivity contribution >= 4 is 27.4 Å². The average molecular weight is 277 g/mol. The average Bonchev–Trinajstić information content (AvgIpc) is 2.22. The summed E-state index contributed by atoms with van der Waals surface area (Å²) in [4.78, 5) is 4.34. The number of halogens is 1. The molecule has 3 heteroatoms. The maximum atomic E-state index is 4.34. The van der Waals surface area contributed by atoms with Gasteiger partial charge in [-0.05, 0) is 59.1 Å². The highest BCUT2D eigenvalue weighted by Gasteiger charge is 2.01. The zero-order chi connectivity index (χ0) is 11.5. The molecule has 0 radical (unpaired) electrons. The number of hydrogen-bond acceptors (Lipinski definition) is 2. The van der Waals surface area contributed by atoms with Crippen LogP contribution in [-0.4, -0.2) is 4.98 Å². The van der Waals surface area contributed by atoms with Gasteiger partial charge in [0.2, 0.25) is 0 Å². The van der Waals surface area contributed by atoms with Gasteiger partial charge in [0.15, 0.2) is 0 Å². The summed E-state index contributed by atoms with van der Waals surface area (Å²) in [5.74, 6) is 0.897. The molecule has 0 unspecified atom stereocenters. The molecule has 82 valence electrons. The molecule has 0 aliphatic rings. The molecule has 0 spiro atoms. The maximum Gasteiger partial charge on any atom is 0.133 e. The largest absolute Gasteiger partial charge is 0.340 e. The molecule has 1 heterocycles. The summed E-state index contributed by atoms with van der Waals surface area (Å²) in [6.07, 6.45) is 1.80. The van der Waals surface area contributed by atoms with E-state index in [2.05, 4.69) is 45.3 Å². The van der Waals surface area contributed by atoms with E-state index >= 15 is 0 Å². The third-order valence-electron chi connectivity index (χ3n) is 2.33. The van der Waals surface area contributed by atoms with Crippen LogP contribution in [0.3, 0.4) is 0 Å². The standard InChI is InChI=1S/C13H13BrN2/c1-9-4-3-5-12(6-9)16-13-10(2)7-11(14)8-15-13/h3-8H,1-2H3,(H,15,16). The lowest BCUT2D eigenvalue weighted by atomic mass is 10.2. The van der Waals surface area contributed by atoms with E-state index in [0.29, 0.717) is 0 Å². The molecule has 2 rings (SSSR count). The van der Waals surface area contributed by atoms with Crippen LogP contribution < -0.4 is 5.32 Å². The van der Waals surface area contributed by atoms with Gasteiger partial charge in [0, 0.05) is 16.4 Å². The number of pyridine rings is 1. The molecular formula is C13H13BrN2. The summed E-state index contributed by atoms with van der Waals surface area (Å²) >= 11 is 3.40. The van der Waals surface area contributed by atoms with Crippen molar-refractivity contribution < 1.29 is 0 Å². The minimum Gasteiger partial charge on any atom is -0.340 e. The monoisotopic (exact) mass is 276 g/mol. The molecule has 0 amide bonds. The highest BCUT2D eigenvalue weighted by atomic mass is 79.9. The molecule has 1 N–H and O–H groups in total. The van der Waals surface area contributed by atoms with Gasteiger partial charge in [-0.25, -0.2) is 4.98 Å². The second-order valence-electron chi connectivity index (χ2n) is 3.81. The molecule has 0 saturated heterocycles. The summed E-state index contributed by atoms with van der Waals surface area (Å²) in [6.45, 7) is 4.11. The number of benzene rings is 1. The molecule has 2 aromatic rings. The fraction of sp³-hybridized carbons (Fsp3) is 0.154. The van der Waals surface area contributed by atoms with Gasteiger partial charge in [-0.1, -0.05) is 12.1 Å². The molecular weight excluding hydrogens is 264 g/mol. The maximum absolute atomic E-state index is 4.34. The summed E-state index contributed by atoms with van der Waals surface area (Å²) in [6, 6.07) is 10.3. The second-order valence-corrected chi connectivity index (χ2v) is 4.73. The fourth-order valence-electron chi connectivity index (χ4n) is 1.53. The number of aryl methyl sites for hydroxylation is 2. The Hall–Kier alpha value is -1.35. The van der Waals surface area contributed by atoms with E-state index < -0.39 is 0 Å². The second kappa shape index (κ2) is 4.66. The Bertz CT molecular complexity index is 509. The predicted octanol–water partition coefficient (Wildman–Crippen LogP) is 4.20. The molecule has 0 saturated carbocycles. The third-order valence-corrected chi connectivity index (χ3v) is 2.76. The quantitative estimate of drug-likeness (QED) is 0.889. The normalized spacial score (nSPS) is 10.2. The van der Waals surface area contributed by atoms with Gasteiger partial charge < -0.3 is 5.32 Å². The zero-order valence-corrected chi connectivity index (χ0v) is 10.9. The molecule has 1 aromatic carbocycles. The Morgan fingerprint density at radius 1 is 1.19 bits per heavy atom. The van der Waals surface area contributed by atoms with Crippen LogP contribution in [-0.2, 0) is 0 Å². The zero-order valence-electron chi connectivity index (χ0n) is 9.29. The minimum atomic E-state index is 0.897. The van der Waals surface area contributed by atoms with Crippen LogP contribution in [0.5, 0.6) is 0 Å². The summed E-state index contributed by atoms with van der Waals surface area (Å²) in [5, 5.41) is 3.31. The molecule has 1 aromatic heterocycles. The van der Waals surface area contributed by atoms with Gasteiger partial charge in [0.05, 0.1) is 0 Å². The SMILES string of the molecule is Cc1cccc(Nc2ncc(Br)cc2C)c1. The van der Waals surface area contributed by atoms with E-state index in [4.69, 9.17) is 0 Å². The predicted molar refractivity (Wildman–Crippen MR) is 71.1 cm³/mol. The van der Waals surface area contributed by atoms with E-state index in [0.717, 1.165) is 21.5 Å². The van der Waals surface area contributed by atoms with Crippen LogP contribution in [0.2, 0.25) is 0 Å². The lowest BCUT2D eigenvalue weighted by molar-refractivity contribution is 1.24. The molecule has 0 aliphatic heterocycles. The first kappa shape index (κ1) is 11.1. The van der Waals surface area contributed by atoms with Crippen molar-refractivity contribution in [1.29, 1.82) is 0 Å². The number of nitrogens with one attached hydrogen (secondary N) is 1. The van der Waals surface area contributed by atoms with Crippen molar-refractivity contribution in [3.8, 4) is 0 Å². The van der Waals surface area contributed by atoms with Crippen LogP contribution in [0, 0.1) is 13.8 Å². The number of nitrogens with zero attached hydrogens (tertiary/aromatic N) is 1. The van der Waals surface area contributed by atoms with E-state index in [1.807, 2.05) is 25.1 Å². The fourth-order valence-corrected chi connectivity index (χ4v) is 1.98. The molecule has 0 bridgehead atoms. The number of anilines is 2. The van der Waals surface area contributed by atoms with Crippen LogP contribution in [0.25, 0.3) is 0 Å². The number of hydrogen-bond donors (Lipinski definition) is 1. The van der Waals surface area contributed by atoms with Crippen LogP contribution >= 0.6 is 15.9 Å². The van der Waals surface area contributed by atoms with Crippen molar-refractivity contribution in [1.82, 2.24) is 4.98 Å². The number of aromatic nitrogens is 1. The lowest BCUT2D eigenvalue weighted by Crippen LogP contribution is -1.96. The Morgan fingerprint density at radius 3 is 2.69 bits per heavy atom. The van der Waals surface area contributed by atoms with Crippen LogP contribution in [0.1, 0.15) is 11.1 Å². The first-order chi connectivity index (χ1) is 7.65. The van der Waals surface area contributed by atoms with Gasteiger partial charge in [-0.15, -0.1) is 0 Å². The number of rotatable bonds is 2. The van der Waals surface area contributed by atoms with Gasteiger partial charge in [0.1, 0.15) is 5.82 Å². The van der Waals surface area contributed by atoms with Gasteiger partial charge >= 0.3 is 0 Å². The first-order valence-electron chi connectivity index (χ1n) is 5.11. The van der Waals surface area contributed by atoms with E-state index in [-0.39, 0.29) is 0 Å². The summed E-state index contributed by atoms with van der Waals surface area (Å²) in [5.41, 5.74) is 3.42. The molecule has 16 heavy (non-hydrogen) atoms. The Labute approximate surface area is 104 Å². The Balaban J connectivity index is 2.27. The van der Waals surface area contributed by atoms with Crippen molar-refractivity contribution in [2.24, 2.45) is 0 Å². The van der Waals surface area contributed by atoms with E-state index in [1.54, 1.807) is 6.20 Å². The summed E-state index contributed by atoms with van der Waals surface area (Å²) in [7, 11) is 0. The highest BCUT2D eigenvalue weighted by molar-refractivity contribution is 9.10. The smallest absolute Gasteiger partial charge is 0.133 e. The van der Waals surface area contributed by atoms with Gasteiger partial charge in [-0.3, -0.25) is 0 Å². The van der Waals surface area contributed by atoms with E-state index in [9.17, 15) is 0 Å². The van der Waals surface area contributed by atoms with Gasteiger partial charge in [-0.2, -0.15) is 0 Å². The van der Waals surface area contributed by atoms with Crippen molar-refractivity contribution in [3.05, 3.63) is 52.1 Å². The topological polar surface area (TPSA) is 24.9 Å². The highest BCUT2D eigenvalue weighted by Crippen LogP contribution is 2.21. The Kier molecular flexibility index (Phi) is 3.25. The van der Waals surface area contributed by atoms with Gasteiger partial charge in [0.25, 0.3) is 0 Å². The van der Waals surface area contributed by atoms with Crippen molar-refractivity contribution in [3.63, 3.8) is 0 Å². The lowest BCUT2D eigenvalue weighted by Gasteiger charge is -2.09. The molecule has 0 atom stereocenters. The molecule has 0 fully saturated rings. The van der Waals surface area contributed by atoms with Crippen molar-refractivity contribution in [2.45, 2.75) is 13.8 Å². The third kappa shape index (κ3) is 2.61. The first-order valence-corrected chi connectivity index (χ1v) is 5.90.